The highest BCUT2D eigenvalue weighted by Gasteiger charge is 2.47. The zero-order valence-electron chi connectivity index (χ0n) is 59.5. The zero-order valence-corrected chi connectivity index (χ0v) is 60.5. The van der Waals surface area contributed by atoms with Crippen LogP contribution in [0.15, 0.2) is 12.2 Å². The first-order valence-corrected chi connectivity index (χ1v) is 35.7. The number of carbonyl (C=O) groups is 11. The van der Waals surface area contributed by atoms with Crippen LogP contribution in [0.5, 0.6) is 0 Å². The fraction of sp³-hybridized carbons (Fsp3) is 0.800. The average Bonchev–Trinajstić information content (AvgIpc) is 1.10. The van der Waals surface area contributed by atoms with Crippen molar-refractivity contribution in [3.05, 3.63) is 12.2 Å². The Kier molecular flexibility index (Phi) is 33.0. The number of nitrogens with zero attached hydrogens (tertiary/aromatic N) is 7. The summed E-state index contributed by atoms with van der Waals surface area (Å²) in [4.78, 5) is 171. The van der Waals surface area contributed by atoms with Crippen molar-refractivity contribution in [1.29, 1.82) is 0 Å². The lowest BCUT2D eigenvalue weighted by atomic mass is 9.91. The second-order valence-corrected chi connectivity index (χ2v) is 32.8. The van der Waals surface area contributed by atoms with E-state index in [-0.39, 0.29) is 61.7 Å². The lowest BCUT2D eigenvalue weighted by molar-refractivity contribution is -0.157. The normalized spacial score (nSPS) is 26.4. The van der Waals surface area contributed by atoms with E-state index in [4.69, 9.17) is 4.43 Å². The SMILES string of the molecule is CC=CCC(C)C(O[Si](C)(C)C)C1C(=O)NC(CC)C(=O)N(C)CC(=O)N(C)C(CC(C)C)C(=O)NC(C(C)C)C(=O)N(C)C(CC(C)C)C(=O)NC(C)C(=O)NC(C)C(=O)N(C)C(CC(C)C)C(=O)N(C)C(CC(C)C)C(=O)N(C)C(C(C)C)C(=O)N1C. The summed E-state index contributed by atoms with van der Waals surface area (Å²) in [5, 5.41) is 11.2. The van der Waals surface area contributed by atoms with Crippen LogP contribution in [0, 0.1) is 41.4 Å². The van der Waals surface area contributed by atoms with Crippen LogP contribution in [0.25, 0.3) is 0 Å². The molecule has 1 saturated heterocycles. The van der Waals surface area contributed by atoms with Crippen LogP contribution < -0.4 is 21.3 Å². The van der Waals surface area contributed by atoms with Crippen LogP contribution in [-0.2, 0) is 57.2 Å². The molecule has 510 valence electrons. The fourth-order valence-electron chi connectivity index (χ4n) is 11.3. The minimum atomic E-state index is -2.56. The first-order valence-electron chi connectivity index (χ1n) is 32.2. The third-order valence-electron chi connectivity index (χ3n) is 16.5. The third-order valence-corrected chi connectivity index (χ3v) is 17.5. The van der Waals surface area contributed by atoms with E-state index in [1.165, 1.54) is 97.5 Å². The van der Waals surface area contributed by atoms with Crippen LogP contribution in [0.4, 0.5) is 0 Å². The molecule has 1 aliphatic heterocycles. The van der Waals surface area contributed by atoms with Gasteiger partial charge in [0.1, 0.15) is 60.4 Å². The van der Waals surface area contributed by atoms with Crippen LogP contribution in [0.3, 0.4) is 0 Å². The molecule has 1 rings (SSSR count). The van der Waals surface area contributed by atoms with E-state index >= 15 is 19.2 Å². The minimum Gasteiger partial charge on any atom is -0.412 e. The second kappa shape index (κ2) is 36.2. The fourth-order valence-corrected chi connectivity index (χ4v) is 12.4. The minimum absolute atomic E-state index is 0.0680. The quantitative estimate of drug-likeness (QED) is 0.109. The molecule has 12 unspecified atom stereocenters. The standard InChI is InChI=1S/C65H119N11O12Si/c1-28-30-31-43(15)55(88-89(25,26)27)54-59(81)68-46(29-2)61(83)70(18)36-51(77)71(19)47(32-37(3)4)58(80)69-52(41(11)12)64(86)72(20)48(33-38(5)6)57(79)66-44(16)56(78)67-45(17)60(82)73(21)49(34-39(7)8)62(84)74(22)50(35-40(9)10)63(85)75(23)53(42(13)14)65(87)76(54)24/h28,30,37-50,52-55H,29,31-36H2,1-27H3,(H,66,79)(H,67,78)(H,68,81)(H,69,80). The van der Waals surface area contributed by atoms with E-state index in [1.807, 2.05) is 101 Å². The molecule has 0 aromatic rings. The molecule has 1 aliphatic rings. The van der Waals surface area contributed by atoms with E-state index in [0.29, 0.717) is 6.42 Å². The van der Waals surface area contributed by atoms with Crippen molar-refractivity contribution < 1.29 is 57.2 Å². The molecule has 24 heteroatoms. The van der Waals surface area contributed by atoms with Gasteiger partial charge < -0.3 is 60.0 Å². The Morgan fingerprint density at radius 2 is 0.888 bits per heavy atom. The summed E-state index contributed by atoms with van der Waals surface area (Å²) >= 11 is 0. The Bertz CT molecular complexity index is 2450. The molecule has 0 aliphatic carbocycles. The maximum atomic E-state index is 15.6. The van der Waals surface area contributed by atoms with E-state index in [0.717, 1.165) is 0 Å². The summed E-state index contributed by atoms with van der Waals surface area (Å²) in [5.41, 5.74) is 0. The summed E-state index contributed by atoms with van der Waals surface area (Å²) in [5.74, 6) is -8.92. The second-order valence-electron chi connectivity index (χ2n) is 28.3. The van der Waals surface area contributed by atoms with Gasteiger partial charge >= 0.3 is 0 Å². The smallest absolute Gasteiger partial charge is 0.246 e. The molecule has 89 heavy (non-hydrogen) atoms. The van der Waals surface area contributed by atoms with Crippen molar-refractivity contribution >= 4 is 73.3 Å². The van der Waals surface area contributed by atoms with Crippen molar-refractivity contribution in [3.63, 3.8) is 0 Å². The molecule has 0 bridgehead atoms. The Balaban J connectivity index is 4.47. The van der Waals surface area contributed by atoms with Crippen LogP contribution in [0.2, 0.25) is 19.6 Å². The van der Waals surface area contributed by atoms with Crippen LogP contribution in [0.1, 0.15) is 156 Å². The summed E-state index contributed by atoms with van der Waals surface area (Å²) in [6, 6.07) is -11.9. The number of amides is 11. The van der Waals surface area contributed by atoms with Gasteiger partial charge in [0.2, 0.25) is 65.0 Å². The third kappa shape index (κ3) is 23.7. The van der Waals surface area contributed by atoms with Crippen molar-refractivity contribution in [2.24, 2.45) is 41.4 Å². The zero-order chi connectivity index (χ0) is 69.2. The Morgan fingerprint density at radius 1 is 0.472 bits per heavy atom. The van der Waals surface area contributed by atoms with Crippen molar-refractivity contribution in [1.82, 2.24) is 55.6 Å². The molecular formula is C65H119N11O12Si. The van der Waals surface area contributed by atoms with Crippen LogP contribution >= 0.6 is 0 Å². The van der Waals surface area contributed by atoms with Crippen molar-refractivity contribution in [3.8, 4) is 0 Å². The van der Waals surface area contributed by atoms with Gasteiger partial charge in [-0.3, -0.25) is 52.7 Å². The Hall–Kier alpha value is -5.91. The van der Waals surface area contributed by atoms with Gasteiger partial charge in [0.25, 0.3) is 0 Å². The summed E-state index contributed by atoms with van der Waals surface area (Å²) in [6.07, 6.45) is 4.09. The van der Waals surface area contributed by atoms with Crippen molar-refractivity contribution in [2.45, 2.75) is 242 Å². The van der Waals surface area contributed by atoms with Crippen molar-refractivity contribution in [2.75, 3.05) is 55.9 Å². The lowest BCUT2D eigenvalue weighted by Gasteiger charge is -2.43. The van der Waals surface area contributed by atoms with E-state index < -0.39 is 158 Å². The molecule has 0 aromatic carbocycles. The van der Waals surface area contributed by atoms with Gasteiger partial charge in [-0.05, 0) is 120 Å². The molecule has 0 aromatic heterocycles. The predicted molar refractivity (Wildman–Crippen MR) is 351 cm³/mol. The molecule has 1 heterocycles. The molecule has 1 fully saturated rings. The average molecular weight is 1270 g/mol. The molecule has 0 saturated carbocycles. The first-order chi connectivity index (χ1) is 40.9. The maximum Gasteiger partial charge on any atom is 0.246 e. The summed E-state index contributed by atoms with van der Waals surface area (Å²) in [6.45, 7) is 35.9. The van der Waals surface area contributed by atoms with Gasteiger partial charge in [0.15, 0.2) is 8.32 Å². The maximum absolute atomic E-state index is 15.6. The summed E-state index contributed by atoms with van der Waals surface area (Å²) < 4.78 is 6.89. The largest absolute Gasteiger partial charge is 0.412 e. The molecule has 23 nitrogen and oxygen atoms in total. The summed E-state index contributed by atoms with van der Waals surface area (Å²) in [7, 11) is 7.68. The molecule has 12 atom stereocenters. The van der Waals surface area contributed by atoms with E-state index in [9.17, 15) is 33.6 Å². The monoisotopic (exact) mass is 1270 g/mol. The molecule has 0 spiro atoms. The highest BCUT2D eigenvalue weighted by molar-refractivity contribution is 6.69. The van der Waals surface area contributed by atoms with Gasteiger partial charge in [0.05, 0.1) is 12.6 Å². The highest BCUT2D eigenvalue weighted by Crippen LogP contribution is 2.28. The number of allylic oxidation sites excluding steroid dienone is 2. The van der Waals surface area contributed by atoms with Gasteiger partial charge in [0, 0.05) is 49.3 Å². The van der Waals surface area contributed by atoms with E-state index in [1.54, 1.807) is 34.6 Å². The highest BCUT2D eigenvalue weighted by atomic mass is 28.4. The molecule has 0 radical (unpaired) electrons. The predicted octanol–water partition coefficient (Wildman–Crippen LogP) is 5.13. The number of hydrogen-bond donors (Lipinski definition) is 4. The number of likely N-dealkylation sites (N-methyl/N-ethyl adjacent to an activating group) is 7. The number of nitrogens with one attached hydrogen (secondary N) is 4. The number of hydrogen-bond acceptors (Lipinski definition) is 12. The van der Waals surface area contributed by atoms with Gasteiger partial charge in [-0.2, -0.15) is 0 Å². The molecular weight excluding hydrogens is 1150 g/mol. The number of rotatable bonds is 17. The van der Waals surface area contributed by atoms with Crippen LogP contribution in [-0.4, -0.2) is 230 Å². The lowest BCUT2D eigenvalue weighted by Crippen LogP contribution is -2.64. The molecule has 11 amide bonds. The Morgan fingerprint density at radius 3 is 1.33 bits per heavy atom. The van der Waals surface area contributed by atoms with Gasteiger partial charge in [-0.1, -0.05) is 109 Å². The number of carbonyl (C=O) groups excluding carboxylic acids is 11. The molecule has 4 N–H and O–H groups in total. The van der Waals surface area contributed by atoms with Gasteiger partial charge in [-0.25, -0.2) is 0 Å². The topological polar surface area (TPSA) is 268 Å². The Labute approximate surface area is 535 Å². The van der Waals surface area contributed by atoms with E-state index in [2.05, 4.69) is 21.3 Å². The van der Waals surface area contributed by atoms with Gasteiger partial charge in [-0.15, -0.1) is 0 Å². The first kappa shape index (κ1) is 81.1.